The van der Waals surface area contributed by atoms with E-state index in [4.69, 9.17) is 4.74 Å². The predicted molar refractivity (Wildman–Crippen MR) is 105 cm³/mol. The Kier molecular flexibility index (Phi) is 7.11. The number of rotatable bonds is 6. The Bertz CT molecular complexity index is 747. The number of likely N-dealkylation sites (tertiary alicyclic amines) is 1. The Morgan fingerprint density at radius 2 is 1.97 bits per heavy atom. The van der Waals surface area contributed by atoms with Crippen molar-refractivity contribution in [3.05, 3.63) is 34.3 Å². The highest BCUT2D eigenvalue weighted by Gasteiger charge is 2.54. The van der Waals surface area contributed by atoms with Gasteiger partial charge >= 0.3 is 6.18 Å². The van der Waals surface area contributed by atoms with Crippen LogP contribution >= 0.6 is 15.9 Å². The number of aliphatic hydroxyl groups excluding tert-OH is 1. The molecule has 2 aliphatic rings. The van der Waals surface area contributed by atoms with E-state index >= 15 is 0 Å². The van der Waals surface area contributed by atoms with Crippen molar-refractivity contribution >= 4 is 21.8 Å². The molecule has 1 amide bonds. The lowest BCUT2D eigenvalue weighted by molar-refractivity contribution is -0.163. The molecule has 5 nitrogen and oxygen atoms in total. The molecule has 1 aromatic carbocycles. The highest BCUT2D eigenvalue weighted by Crippen LogP contribution is 2.36. The molecule has 0 spiro atoms. The summed E-state index contributed by atoms with van der Waals surface area (Å²) in [5.41, 5.74) is -0.0286. The molecule has 2 fully saturated rings. The second-order valence-corrected chi connectivity index (χ2v) is 9.15. The fourth-order valence-corrected chi connectivity index (χ4v) is 4.39. The molecule has 1 aromatic rings. The Morgan fingerprint density at radius 3 is 2.53 bits per heavy atom. The van der Waals surface area contributed by atoms with E-state index in [0.29, 0.717) is 4.47 Å². The Labute approximate surface area is 180 Å². The summed E-state index contributed by atoms with van der Waals surface area (Å²) >= 11 is 3.20. The predicted octanol–water partition coefficient (Wildman–Crippen LogP) is 3.37. The number of ether oxygens (including phenoxy) is 1. The van der Waals surface area contributed by atoms with E-state index in [0.717, 1.165) is 4.90 Å². The molecule has 0 aliphatic carbocycles. The van der Waals surface area contributed by atoms with Crippen LogP contribution < -0.4 is 5.32 Å². The van der Waals surface area contributed by atoms with Crippen LogP contribution in [0.5, 0.6) is 0 Å². The van der Waals surface area contributed by atoms with Gasteiger partial charge in [-0.1, -0.05) is 41.9 Å². The number of nitrogens with zero attached hydrogens (tertiary/aromatic N) is 1. The second-order valence-electron chi connectivity index (χ2n) is 8.24. The SMILES string of the molecule is CC(C)C[C@H](NC(c1ccc(Br)cc1)C(F)(F)F)C(=O)N1C[C@H](F)[C@H]2OC[C@H](O)[C@H]21. The zero-order chi connectivity index (χ0) is 22.2. The van der Waals surface area contributed by atoms with Gasteiger partial charge in [-0.2, -0.15) is 13.2 Å². The number of benzene rings is 1. The number of aliphatic hydroxyl groups is 1. The smallest absolute Gasteiger partial charge is 0.388 e. The van der Waals surface area contributed by atoms with Crippen LogP contribution in [0.3, 0.4) is 0 Å². The molecule has 10 heteroatoms. The third-order valence-corrected chi connectivity index (χ3v) is 5.99. The molecular formula is C20H25BrF4N2O3. The van der Waals surface area contributed by atoms with Crippen LogP contribution in [0.25, 0.3) is 0 Å². The van der Waals surface area contributed by atoms with Crippen LogP contribution in [0.1, 0.15) is 31.9 Å². The van der Waals surface area contributed by atoms with Gasteiger partial charge in [0.15, 0.2) is 0 Å². The van der Waals surface area contributed by atoms with Gasteiger partial charge in [-0.25, -0.2) is 4.39 Å². The van der Waals surface area contributed by atoms with Gasteiger partial charge in [-0.15, -0.1) is 0 Å². The fraction of sp³-hybridized carbons (Fsp3) is 0.650. The molecule has 2 heterocycles. The molecule has 0 bridgehead atoms. The molecule has 0 aromatic heterocycles. The van der Waals surface area contributed by atoms with Gasteiger partial charge < -0.3 is 14.7 Å². The Hall–Kier alpha value is -1.23. The summed E-state index contributed by atoms with van der Waals surface area (Å²) in [6.07, 6.45) is -8.02. The van der Waals surface area contributed by atoms with E-state index in [1.54, 1.807) is 13.8 Å². The number of carbonyl (C=O) groups excluding carboxylic acids is 1. The van der Waals surface area contributed by atoms with Gasteiger partial charge in [-0.05, 0) is 30.0 Å². The van der Waals surface area contributed by atoms with E-state index in [1.165, 1.54) is 24.3 Å². The first-order valence-electron chi connectivity index (χ1n) is 9.81. The summed E-state index contributed by atoms with van der Waals surface area (Å²) in [6, 6.07) is 1.52. The zero-order valence-corrected chi connectivity index (χ0v) is 18.2. The monoisotopic (exact) mass is 496 g/mol. The van der Waals surface area contributed by atoms with Crippen LogP contribution in [-0.4, -0.2) is 65.7 Å². The molecule has 2 aliphatic heterocycles. The molecule has 1 unspecified atom stereocenters. The quantitative estimate of drug-likeness (QED) is 0.592. The number of halogens is 5. The maximum Gasteiger partial charge on any atom is 0.407 e. The van der Waals surface area contributed by atoms with Crippen LogP contribution in [0.4, 0.5) is 17.6 Å². The first-order chi connectivity index (χ1) is 14.0. The van der Waals surface area contributed by atoms with Crippen molar-refractivity contribution in [3.63, 3.8) is 0 Å². The van der Waals surface area contributed by atoms with Crippen molar-refractivity contribution in [2.24, 2.45) is 5.92 Å². The third-order valence-electron chi connectivity index (χ3n) is 5.46. The van der Waals surface area contributed by atoms with Crippen LogP contribution in [0, 0.1) is 5.92 Å². The molecule has 2 N–H and O–H groups in total. The highest BCUT2D eigenvalue weighted by atomic mass is 79.9. The second kappa shape index (κ2) is 9.10. The van der Waals surface area contributed by atoms with E-state index in [1.807, 2.05) is 0 Å². The summed E-state index contributed by atoms with van der Waals surface area (Å²) in [6.45, 7) is 3.17. The molecule has 0 saturated carbocycles. The largest absolute Gasteiger partial charge is 0.407 e. The Balaban J connectivity index is 1.87. The fourth-order valence-electron chi connectivity index (χ4n) is 4.13. The van der Waals surface area contributed by atoms with E-state index < -0.39 is 48.6 Å². The van der Waals surface area contributed by atoms with Crippen molar-refractivity contribution in [1.82, 2.24) is 10.2 Å². The number of nitrogens with one attached hydrogen (secondary N) is 1. The zero-order valence-electron chi connectivity index (χ0n) is 16.6. The average molecular weight is 497 g/mol. The van der Waals surface area contributed by atoms with Crippen LogP contribution in [0.15, 0.2) is 28.7 Å². The van der Waals surface area contributed by atoms with Crippen molar-refractivity contribution in [2.45, 2.75) is 62.9 Å². The van der Waals surface area contributed by atoms with Gasteiger partial charge in [0.05, 0.1) is 25.2 Å². The lowest BCUT2D eigenvalue weighted by Gasteiger charge is -2.33. The number of alkyl halides is 4. The topological polar surface area (TPSA) is 61.8 Å². The number of carbonyl (C=O) groups is 1. The van der Waals surface area contributed by atoms with E-state index in [9.17, 15) is 27.5 Å². The number of hydrogen-bond acceptors (Lipinski definition) is 4. The summed E-state index contributed by atoms with van der Waals surface area (Å²) in [5, 5.41) is 12.6. The van der Waals surface area contributed by atoms with Crippen molar-refractivity contribution in [2.75, 3.05) is 13.2 Å². The molecule has 30 heavy (non-hydrogen) atoms. The van der Waals surface area contributed by atoms with Crippen LogP contribution in [0.2, 0.25) is 0 Å². The minimum absolute atomic E-state index is 0.0286. The normalized spacial score (nSPS) is 28.6. The molecule has 6 atom stereocenters. The van der Waals surface area contributed by atoms with Crippen molar-refractivity contribution in [3.8, 4) is 0 Å². The first kappa shape index (κ1) is 23.4. The minimum Gasteiger partial charge on any atom is -0.388 e. The lowest BCUT2D eigenvalue weighted by Crippen LogP contribution is -2.54. The lowest BCUT2D eigenvalue weighted by atomic mass is 9.98. The number of fused-ring (bicyclic) bond motifs is 1. The summed E-state index contributed by atoms with van der Waals surface area (Å²) in [7, 11) is 0. The first-order valence-corrected chi connectivity index (χ1v) is 10.6. The molecule has 168 valence electrons. The van der Waals surface area contributed by atoms with Gasteiger partial charge in [0.25, 0.3) is 0 Å². The van der Waals surface area contributed by atoms with E-state index in [-0.39, 0.29) is 31.1 Å². The Morgan fingerprint density at radius 1 is 1.33 bits per heavy atom. The molecule has 2 saturated heterocycles. The van der Waals surface area contributed by atoms with Crippen molar-refractivity contribution in [1.29, 1.82) is 0 Å². The number of amides is 1. The summed E-state index contributed by atoms with van der Waals surface area (Å²) in [4.78, 5) is 14.4. The van der Waals surface area contributed by atoms with Gasteiger partial charge in [0.2, 0.25) is 5.91 Å². The number of hydrogen-bond donors (Lipinski definition) is 2. The van der Waals surface area contributed by atoms with E-state index in [2.05, 4.69) is 21.2 Å². The summed E-state index contributed by atoms with van der Waals surface area (Å²) in [5.74, 6) is -0.746. The van der Waals surface area contributed by atoms with Gasteiger partial charge in [0.1, 0.15) is 24.4 Å². The average Bonchev–Trinajstić information content (AvgIpc) is 3.19. The highest BCUT2D eigenvalue weighted by molar-refractivity contribution is 9.10. The van der Waals surface area contributed by atoms with Gasteiger partial charge in [0, 0.05) is 4.47 Å². The standard InChI is InChI=1S/C20H25BrF4N2O3/c1-10(2)7-14(19(29)27-8-13(22)17-16(27)15(28)9-30-17)26-18(20(23,24)25)11-3-5-12(21)6-4-11/h3-6,10,13-18,26,28H,7-9H2,1-2H3/t13-,14-,15-,16+,17+,18?/m0/s1. The van der Waals surface area contributed by atoms with Crippen LogP contribution in [-0.2, 0) is 9.53 Å². The van der Waals surface area contributed by atoms with Crippen molar-refractivity contribution < 1.29 is 32.2 Å². The summed E-state index contributed by atoms with van der Waals surface area (Å²) < 4.78 is 61.8. The maximum absolute atomic E-state index is 14.3. The van der Waals surface area contributed by atoms with Gasteiger partial charge in [-0.3, -0.25) is 10.1 Å². The minimum atomic E-state index is -4.64. The maximum atomic E-state index is 14.3. The molecular weight excluding hydrogens is 472 g/mol. The molecule has 3 rings (SSSR count). The third kappa shape index (κ3) is 4.98. The molecule has 0 radical (unpaired) electrons.